The molecule has 2 aromatic rings. The predicted octanol–water partition coefficient (Wildman–Crippen LogP) is 3.45. The van der Waals surface area contributed by atoms with Crippen LogP contribution in [0.15, 0.2) is 42.5 Å². The average Bonchev–Trinajstić information content (AvgIpc) is 3.18. The van der Waals surface area contributed by atoms with Crippen LogP contribution in [0.5, 0.6) is 0 Å². The van der Waals surface area contributed by atoms with Crippen LogP contribution in [-0.4, -0.2) is 28.7 Å². The predicted molar refractivity (Wildman–Crippen MR) is 99.3 cm³/mol. The highest BCUT2D eigenvalue weighted by molar-refractivity contribution is 6.31. The van der Waals surface area contributed by atoms with Crippen LogP contribution in [0.1, 0.15) is 40.6 Å². The molecule has 0 radical (unpaired) electrons. The Morgan fingerprint density at radius 3 is 2.81 bits per heavy atom. The highest BCUT2D eigenvalue weighted by atomic mass is 35.5. The summed E-state index contributed by atoms with van der Waals surface area (Å²) in [5.41, 5.74) is 2.48. The number of halogens is 1. The molecule has 1 saturated heterocycles. The highest BCUT2D eigenvalue weighted by Crippen LogP contribution is 2.38. The first-order valence-corrected chi connectivity index (χ1v) is 9.01. The number of benzene rings is 2. The first kappa shape index (κ1) is 17.5. The van der Waals surface area contributed by atoms with E-state index in [1.807, 2.05) is 13.0 Å². The van der Waals surface area contributed by atoms with Gasteiger partial charge in [-0.1, -0.05) is 35.9 Å². The molecule has 4 rings (SSSR count). The third kappa shape index (κ3) is 3.06. The van der Waals surface area contributed by atoms with E-state index in [0.29, 0.717) is 28.3 Å². The number of anilines is 1. The summed E-state index contributed by atoms with van der Waals surface area (Å²) in [5, 5.41) is 3.35. The number of carbonyl (C=O) groups is 3. The van der Waals surface area contributed by atoms with E-state index < -0.39 is 18.2 Å². The molecule has 7 heteroatoms. The summed E-state index contributed by atoms with van der Waals surface area (Å²) in [6.07, 6.45) is -0.288. The van der Waals surface area contributed by atoms with Crippen LogP contribution in [0.4, 0.5) is 5.69 Å². The van der Waals surface area contributed by atoms with E-state index in [2.05, 4.69) is 5.32 Å². The summed E-state index contributed by atoms with van der Waals surface area (Å²) in [6.45, 7) is 1.86. The number of cyclic esters (lactones) is 1. The molecule has 0 spiro atoms. The maximum atomic E-state index is 12.9. The number of fused-ring (bicyclic) bond motifs is 1. The molecule has 2 aromatic carbocycles. The molecule has 2 amide bonds. The molecule has 2 atom stereocenters. The van der Waals surface area contributed by atoms with E-state index in [1.54, 1.807) is 36.4 Å². The molecule has 27 heavy (non-hydrogen) atoms. The summed E-state index contributed by atoms with van der Waals surface area (Å²) in [5.74, 6) is -1.03. The van der Waals surface area contributed by atoms with Gasteiger partial charge < -0.3 is 10.1 Å². The smallest absolute Gasteiger partial charge is 0.340 e. The Morgan fingerprint density at radius 2 is 2.00 bits per heavy atom. The van der Waals surface area contributed by atoms with E-state index in [1.165, 1.54) is 4.90 Å². The zero-order valence-corrected chi connectivity index (χ0v) is 15.3. The standard InChI is InChI=1S/C20H17ClN2O4/c1-11-6-7-12(21)10-15(11)22-18(25)16-8-9-17(24)23(16)19-13-4-2-3-5-14(13)20(26)27-19/h2-7,10,16,19H,8-9H2,1H3,(H,22,25)/t16-,19+/m1/s1. The number of hydrogen-bond donors (Lipinski definition) is 1. The molecular formula is C20H17ClN2O4. The molecule has 2 heterocycles. The van der Waals surface area contributed by atoms with E-state index >= 15 is 0 Å². The number of amides is 2. The number of aryl methyl sites for hydroxylation is 1. The lowest BCUT2D eigenvalue weighted by molar-refractivity contribution is -0.144. The Morgan fingerprint density at radius 1 is 1.22 bits per heavy atom. The molecule has 2 aliphatic rings. The first-order valence-electron chi connectivity index (χ1n) is 8.64. The second-order valence-corrected chi connectivity index (χ2v) is 7.09. The van der Waals surface area contributed by atoms with Gasteiger partial charge in [0.15, 0.2) is 0 Å². The van der Waals surface area contributed by atoms with Crippen molar-refractivity contribution in [1.82, 2.24) is 4.90 Å². The summed E-state index contributed by atoms with van der Waals surface area (Å²) in [6, 6.07) is 11.4. The quantitative estimate of drug-likeness (QED) is 0.822. The summed E-state index contributed by atoms with van der Waals surface area (Å²) in [4.78, 5) is 38.9. The maximum Gasteiger partial charge on any atom is 0.340 e. The topological polar surface area (TPSA) is 75.7 Å². The van der Waals surface area contributed by atoms with Gasteiger partial charge in [-0.05, 0) is 37.1 Å². The lowest BCUT2D eigenvalue weighted by Gasteiger charge is -2.29. The molecule has 2 aliphatic heterocycles. The third-order valence-electron chi connectivity index (χ3n) is 4.93. The van der Waals surface area contributed by atoms with Crippen molar-refractivity contribution in [3.63, 3.8) is 0 Å². The van der Waals surface area contributed by atoms with Crippen LogP contribution in [-0.2, 0) is 14.3 Å². The molecule has 0 aromatic heterocycles. The van der Waals surface area contributed by atoms with Crippen LogP contribution in [0.2, 0.25) is 5.02 Å². The Hall–Kier alpha value is -2.86. The first-order chi connectivity index (χ1) is 13.0. The molecule has 0 bridgehead atoms. The minimum absolute atomic E-state index is 0.215. The fourth-order valence-corrected chi connectivity index (χ4v) is 3.70. The SMILES string of the molecule is Cc1ccc(Cl)cc1NC(=O)[C@H]1CCC(=O)N1[C@H]1OC(=O)c2ccccc21. The fourth-order valence-electron chi connectivity index (χ4n) is 3.53. The second kappa shape index (κ2) is 6.70. The van der Waals surface area contributed by atoms with Crippen molar-refractivity contribution in [3.05, 3.63) is 64.2 Å². The van der Waals surface area contributed by atoms with Crippen molar-refractivity contribution in [2.24, 2.45) is 0 Å². The zero-order chi connectivity index (χ0) is 19.1. The van der Waals surface area contributed by atoms with Crippen molar-refractivity contribution in [2.45, 2.75) is 32.0 Å². The van der Waals surface area contributed by atoms with E-state index in [4.69, 9.17) is 16.3 Å². The summed E-state index contributed by atoms with van der Waals surface area (Å²) >= 11 is 6.01. The van der Waals surface area contributed by atoms with Gasteiger partial charge in [0.2, 0.25) is 18.0 Å². The van der Waals surface area contributed by atoms with Crippen molar-refractivity contribution >= 4 is 35.1 Å². The van der Waals surface area contributed by atoms with Crippen molar-refractivity contribution in [3.8, 4) is 0 Å². The number of rotatable bonds is 3. The Labute approximate surface area is 161 Å². The zero-order valence-electron chi connectivity index (χ0n) is 14.6. The Kier molecular flexibility index (Phi) is 4.36. The molecule has 0 aliphatic carbocycles. The third-order valence-corrected chi connectivity index (χ3v) is 5.17. The number of ether oxygens (including phenoxy) is 1. The minimum Gasteiger partial charge on any atom is -0.433 e. The Balaban J connectivity index is 1.62. The van der Waals surface area contributed by atoms with Gasteiger partial charge in [-0.3, -0.25) is 14.5 Å². The maximum absolute atomic E-state index is 12.9. The lowest BCUT2D eigenvalue weighted by atomic mass is 10.1. The van der Waals surface area contributed by atoms with Crippen LogP contribution in [0, 0.1) is 6.92 Å². The molecule has 0 saturated carbocycles. The minimum atomic E-state index is -0.875. The molecule has 6 nitrogen and oxygen atoms in total. The monoisotopic (exact) mass is 384 g/mol. The molecule has 0 unspecified atom stereocenters. The van der Waals surface area contributed by atoms with E-state index in [0.717, 1.165) is 5.56 Å². The van der Waals surface area contributed by atoms with E-state index in [-0.39, 0.29) is 18.2 Å². The van der Waals surface area contributed by atoms with Crippen LogP contribution in [0.25, 0.3) is 0 Å². The van der Waals surface area contributed by atoms with Gasteiger partial charge in [0.25, 0.3) is 0 Å². The Bertz CT molecular complexity index is 959. The number of likely N-dealkylation sites (tertiary alicyclic amines) is 1. The fraction of sp³-hybridized carbons (Fsp3) is 0.250. The number of nitrogens with zero attached hydrogens (tertiary/aromatic N) is 1. The van der Waals surface area contributed by atoms with Crippen molar-refractivity contribution in [1.29, 1.82) is 0 Å². The van der Waals surface area contributed by atoms with Gasteiger partial charge in [-0.15, -0.1) is 0 Å². The van der Waals surface area contributed by atoms with Gasteiger partial charge in [0.05, 0.1) is 5.56 Å². The van der Waals surface area contributed by atoms with Gasteiger partial charge in [0.1, 0.15) is 6.04 Å². The second-order valence-electron chi connectivity index (χ2n) is 6.65. The van der Waals surface area contributed by atoms with Gasteiger partial charge in [0, 0.05) is 22.7 Å². The number of nitrogens with one attached hydrogen (secondary N) is 1. The summed E-state index contributed by atoms with van der Waals surface area (Å²) < 4.78 is 5.42. The summed E-state index contributed by atoms with van der Waals surface area (Å²) in [7, 11) is 0. The number of hydrogen-bond acceptors (Lipinski definition) is 4. The van der Waals surface area contributed by atoms with Crippen LogP contribution >= 0.6 is 11.6 Å². The largest absolute Gasteiger partial charge is 0.433 e. The average molecular weight is 385 g/mol. The van der Waals surface area contributed by atoms with Gasteiger partial charge in [-0.25, -0.2) is 4.79 Å². The molecule has 138 valence electrons. The lowest BCUT2D eigenvalue weighted by Crippen LogP contribution is -2.44. The number of esters is 1. The van der Waals surface area contributed by atoms with Crippen molar-refractivity contribution in [2.75, 3.05) is 5.32 Å². The van der Waals surface area contributed by atoms with Crippen molar-refractivity contribution < 1.29 is 19.1 Å². The van der Waals surface area contributed by atoms with Crippen LogP contribution in [0.3, 0.4) is 0 Å². The highest BCUT2D eigenvalue weighted by Gasteiger charge is 2.46. The normalized spacial score (nSPS) is 21.2. The van der Waals surface area contributed by atoms with Gasteiger partial charge >= 0.3 is 5.97 Å². The number of carbonyl (C=O) groups excluding carboxylic acids is 3. The van der Waals surface area contributed by atoms with Gasteiger partial charge in [-0.2, -0.15) is 0 Å². The van der Waals surface area contributed by atoms with Crippen LogP contribution < -0.4 is 5.32 Å². The molecule has 1 N–H and O–H groups in total. The molecule has 1 fully saturated rings. The van der Waals surface area contributed by atoms with E-state index in [9.17, 15) is 14.4 Å². The molecular weight excluding hydrogens is 368 g/mol.